The number of nitrogens with one attached hydrogen (secondary N) is 1. The molecule has 1 saturated heterocycles. The summed E-state index contributed by atoms with van der Waals surface area (Å²) < 4.78 is 0. The van der Waals surface area contributed by atoms with E-state index in [1.54, 1.807) is 0 Å². The highest BCUT2D eigenvalue weighted by molar-refractivity contribution is 7.18. The Labute approximate surface area is 167 Å². The minimum Gasteiger partial charge on any atom is -0.374 e. The van der Waals surface area contributed by atoms with Crippen molar-refractivity contribution in [3.8, 4) is 21.8 Å². The molecule has 0 amide bonds. The van der Waals surface area contributed by atoms with E-state index in [9.17, 15) is 0 Å². The van der Waals surface area contributed by atoms with Crippen LogP contribution in [-0.4, -0.2) is 32.8 Å². The van der Waals surface area contributed by atoms with E-state index in [0.29, 0.717) is 11.2 Å². The van der Waals surface area contributed by atoms with E-state index in [-0.39, 0.29) is 0 Å². The fourth-order valence-electron chi connectivity index (χ4n) is 3.99. The summed E-state index contributed by atoms with van der Waals surface area (Å²) in [4.78, 5) is 10.8. The first-order valence-electron chi connectivity index (χ1n) is 9.63. The zero-order chi connectivity index (χ0) is 19.1. The van der Waals surface area contributed by atoms with Crippen LogP contribution in [-0.2, 0) is 0 Å². The van der Waals surface area contributed by atoms with E-state index in [1.165, 1.54) is 30.6 Å². The molecule has 7 heteroatoms. The molecule has 6 nitrogen and oxygen atoms in total. The van der Waals surface area contributed by atoms with Crippen molar-refractivity contribution < 1.29 is 0 Å². The van der Waals surface area contributed by atoms with Crippen LogP contribution in [0.15, 0.2) is 42.6 Å². The molecule has 0 saturated carbocycles. The normalized spacial score (nSPS) is 17.3. The highest BCUT2D eigenvalue weighted by atomic mass is 32.1. The van der Waals surface area contributed by atoms with Crippen LogP contribution in [0.2, 0.25) is 0 Å². The Balaban J connectivity index is 1.56. The van der Waals surface area contributed by atoms with E-state index in [0.717, 1.165) is 45.1 Å². The molecular formula is C21H22N6S. The molecule has 1 aliphatic rings. The fourth-order valence-corrected chi connectivity index (χ4v) is 4.59. The number of fused-ring (bicyclic) bond motifs is 1. The number of benzene rings is 1. The number of pyridine rings is 1. The lowest BCUT2D eigenvalue weighted by molar-refractivity contribution is 0.481. The average Bonchev–Trinajstić information content (AvgIpc) is 3.34. The van der Waals surface area contributed by atoms with Crippen LogP contribution in [0.25, 0.3) is 32.7 Å². The molecule has 1 fully saturated rings. The Morgan fingerprint density at radius 3 is 2.93 bits per heavy atom. The van der Waals surface area contributed by atoms with Gasteiger partial charge in [0.05, 0.1) is 5.69 Å². The van der Waals surface area contributed by atoms with Gasteiger partial charge in [-0.25, -0.2) is 4.98 Å². The first-order valence-corrected chi connectivity index (χ1v) is 10.5. The minimum atomic E-state index is 0.481. The van der Waals surface area contributed by atoms with Crippen LogP contribution < -0.4 is 10.6 Å². The molecule has 1 aromatic carbocycles. The third kappa shape index (κ3) is 3.01. The lowest BCUT2D eigenvalue weighted by atomic mass is 10.0. The molecule has 1 aliphatic heterocycles. The third-order valence-electron chi connectivity index (χ3n) is 5.48. The lowest BCUT2D eigenvalue weighted by Gasteiger charge is -2.34. The van der Waals surface area contributed by atoms with Crippen molar-refractivity contribution in [1.82, 2.24) is 20.2 Å². The van der Waals surface area contributed by atoms with Gasteiger partial charge < -0.3 is 15.6 Å². The van der Waals surface area contributed by atoms with Crippen LogP contribution in [0.3, 0.4) is 0 Å². The Bertz CT molecular complexity index is 1130. The highest BCUT2D eigenvalue weighted by Gasteiger charge is 2.20. The van der Waals surface area contributed by atoms with E-state index >= 15 is 0 Å². The van der Waals surface area contributed by atoms with Gasteiger partial charge in [-0.3, -0.25) is 0 Å². The second kappa shape index (κ2) is 6.91. The van der Waals surface area contributed by atoms with Crippen molar-refractivity contribution in [1.29, 1.82) is 0 Å². The molecule has 4 heterocycles. The Kier molecular flexibility index (Phi) is 4.24. The first kappa shape index (κ1) is 17.2. The number of piperidine rings is 1. The quantitative estimate of drug-likeness (QED) is 0.529. The molecule has 3 N–H and O–H groups in total. The number of rotatable bonds is 3. The largest absolute Gasteiger partial charge is 0.374 e. The van der Waals surface area contributed by atoms with Gasteiger partial charge >= 0.3 is 0 Å². The second-order valence-electron chi connectivity index (χ2n) is 7.33. The summed E-state index contributed by atoms with van der Waals surface area (Å²) in [5, 5.41) is 10.5. The number of hydrogen-bond donors (Lipinski definition) is 2. The standard InChI is InChI=1S/C21H22N6S/c1-13-5-2-3-10-27(13)19-7-4-6-18(24-19)16-12-23-17-9-8-14(11-15(16)17)20-25-26-21(22)28-20/h4,6-9,11-13,23H,2-3,5,10H2,1H3,(H2,22,26). The molecule has 28 heavy (non-hydrogen) atoms. The summed E-state index contributed by atoms with van der Waals surface area (Å²) in [5.41, 5.74) is 9.93. The van der Waals surface area contributed by atoms with Crippen LogP contribution in [0.4, 0.5) is 10.9 Å². The molecule has 142 valence electrons. The van der Waals surface area contributed by atoms with Crippen LogP contribution in [0.5, 0.6) is 0 Å². The maximum Gasteiger partial charge on any atom is 0.203 e. The maximum absolute atomic E-state index is 5.75. The van der Waals surface area contributed by atoms with Crippen molar-refractivity contribution in [2.24, 2.45) is 0 Å². The topological polar surface area (TPSA) is 83.7 Å². The van der Waals surface area contributed by atoms with Crippen LogP contribution >= 0.6 is 11.3 Å². The number of nitrogen functional groups attached to an aromatic ring is 1. The van der Waals surface area contributed by atoms with Crippen molar-refractivity contribution in [2.45, 2.75) is 32.2 Å². The van der Waals surface area contributed by atoms with E-state index in [1.807, 2.05) is 12.3 Å². The SMILES string of the molecule is CC1CCCCN1c1cccc(-c2c[nH]c3ccc(-c4nnc(N)s4)cc23)n1. The monoisotopic (exact) mass is 390 g/mol. The van der Waals surface area contributed by atoms with Gasteiger partial charge in [-0.1, -0.05) is 17.4 Å². The summed E-state index contributed by atoms with van der Waals surface area (Å²) in [6, 6.07) is 13.1. The highest BCUT2D eigenvalue weighted by Crippen LogP contribution is 2.34. The van der Waals surface area contributed by atoms with Crippen molar-refractivity contribution in [2.75, 3.05) is 17.2 Å². The summed E-state index contributed by atoms with van der Waals surface area (Å²) in [5.74, 6) is 1.06. The predicted molar refractivity (Wildman–Crippen MR) is 116 cm³/mol. The molecule has 3 aromatic heterocycles. The molecule has 1 atom stereocenters. The number of aromatic amines is 1. The molecule has 0 radical (unpaired) electrons. The number of nitrogens with two attached hydrogens (primary N) is 1. The van der Waals surface area contributed by atoms with E-state index in [4.69, 9.17) is 10.7 Å². The smallest absolute Gasteiger partial charge is 0.203 e. The molecule has 0 spiro atoms. The van der Waals surface area contributed by atoms with Gasteiger partial charge in [0.15, 0.2) is 0 Å². The van der Waals surface area contributed by atoms with Gasteiger partial charge in [0.2, 0.25) is 5.13 Å². The fraction of sp³-hybridized carbons (Fsp3) is 0.286. The summed E-state index contributed by atoms with van der Waals surface area (Å²) in [6.45, 7) is 3.37. The van der Waals surface area contributed by atoms with Gasteiger partial charge in [-0.2, -0.15) is 0 Å². The Hall–Kier alpha value is -2.93. The van der Waals surface area contributed by atoms with Crippen molar-refractivity contribution >= 4 is 33.2 Å². The van der Waals surface area contributed by atoms with Crippen molar-refractivity contribution in [3.63, 3.8) is 0 Å². The van der Waals surface area contributed by atoms with Gasteiger partial charge in [-0.05, 0) is 56.5 Å². The Morgan fingerprint density at radius 1 is 1.18 bits per heavy atom. The molecule has 0 bridgehead atoms. The van der Waals surface area contributed by atoms with Gasteiger partial charge in [0.1, 0.15) is 10.8 Å². The molecular weight excluding hydrogens is 368 g/mol. The summed E-state index contributed by atoms with van der Waals surface area (Å²) in [6.07, 6.45) is 5.80. The minimum absolute atomic E-state index is 0.481. The lowest BCUT2D eigenvalue weighted by Crippen LogP contribution is -2.37. The number of hydrogen-bond acceptors (Lipinski definition) is 6. The number of aromatic nitrogens is 4. The molecule has 4 aromatic rings. The van der Waals surface area contributed by atoms with Gasteiger partial charge in [-0.15, -0.1) is 10.2 Å². The molecule has 0 aliphatic carbocycles. The Morgan fingerprint density at radius 2 is 2.11 bits per heavy atom. The number of anilines is 2. The first-order chi connectivity index (χ1) is 13.7. The average molecular weight is 391 g/mol. The van der Waals surface area contributed by atoms with Gasteiger partial charge in [0.25, 0.3) is 0 Å². The van der Waals surface area contributed by atoms with Crippen molar-refractivity contribution in [3.05, 3.63) is 42.6 Å². The van der Waals surface area contributed by atoms with E-state index < -0.39 is 0 Å². The molecule has 1 unspecified atom stereocenters. The second-order valence-corrected chi connectivity index (χ2v) is 8.34. The van der Waals surface area contributed by atoms with E-state index in [2.05, 4.69) is 57.3 Å². The summed E-state index contributed by atoms with van der Waals surface area (Å²) >= 11 is 1.40. The zero-order valence-electron chi connectivity index (χ0n) is 15.7. The number of nitrogens with zero attached hydrogens (tertiary/aromatic N) is 4. The van der Waals surface area contributed by atoms with Crippen LogP contribution in [0, 0.1) is 0 Å². The summed E-state index contributed by atoms with van der Waals surface area (Å²) in [7, 11) is 0. The number of H-pyrrole nitrogens is 1. The third-order valence-corrected chi connectivity index (χ3v) is 6.28. The van der Waals surface area contributed by atoms with Crippen LogP contribution in [0.1, 0.15) is 26.2 Å². The van der Waals surface area contributed by atoms with Gasteiger partial charge in [0, 0.05) is 40.8 Å². The maximum atomic E-state index is 5.75. The molecule has 5 rings (SSSR count). The zero-order valence-corrected chi connectivity index (χ0v) is 16.5. The predicted octanol–water partition coefficient (Wildman–Crippen LogP) is 4.71.